The number of hydrogen-bond acceptors (Lipinski definition) is 4. The Morgan fingerprint density at radius 3 is 2.48 bits per heavy atom. The number of ether oxygens (including phenoxy) is 1. The van der Waals surface area contributed by atoms with Crippen LogP contribution in [0, 0.1) is 0 Å². The molecule has 2 aromatic rings. The Bertz CT molecular complexity index is 789. The van der Waals surface area contributed by atoms with Crippen molar-refractivity contribution in [3.63, 3.8) is 0 Å². The lowest BCUT2D eigenvalue weighted by atomic mass is 10.1. The molecule has 0 bridgehead atoms. The van der Waals surface area contributed by atoms with Gasteiger partial charge in [0.1, 0.15) is 5.75 Å². The van der Waals surface area contributed by atoms with Crippen LogP contribution in [0.15, 0.2) is 52.0 Å². The van der Waals surface area contributed by atoms with Crippen molar-refractivity contribution in [2.24, 2.45) is 5.10 Å². The zero-order valence-electron chi connectivity index (χ0n) is 13.9. The molecule has 0 spiro atoms. The van der Waals surface area contributed by atoms with Crippen molar-refractivity contribution >= 4 is 39.6 Å². The number of methoxy groups -OCH3 is 1. The van der Waals surface area contributed by atoms with Gasteiger partial charge in [0.25, 0.3) is 0 Å². The van der Waals surface area contributed by atoms with Crippen molar-refractivity contribution in [1.29, 1.82) is 0 Å². The molecule has 2 aromatic carbocycles. The summed E-state index contributed by atoms with van der Waals surface area (Å²) in [5, 5.41) is 6.30. The molecule has 6 nitrogen and oxygen atoms in total. The van der Waals surface area contributed by atoms with Crippen molar-refractivity contribution in [1.82, 2.24) is 5.43 Å². The molecular formula is C18H18BrN3O3. The molecule has 0 saturated heterocycles. The fraction of sp³-hybridized carbons (Fsp3) is 0.167. The smallest absolute Gasteiger partial charge is 0.329 e. The average Bonchev–Trinajstić information content (AvgIpc) is 2.62. The van der Waals surface area contributed by atoms with Gasteiger partial charge in [-0.15, -0.1) is 0 Å². The lowest BCUT2D eigenvalue weighted by molar-refractivity contribution is -0.136. The maximum Gasteiger partial charge on any atom is 0.329 e. The van der Waals surface area contributed by atoms with Gasteiger partial charge in [0.05, 0.1) is 17.8 Å². The normalized spacial score (nSPS) is 10.5. The second kappa shape index (κ2) is 8.98. The average molecular weight is 404 g/mol. The zero-order valence-corrected chi connectivity index (χ0v) is 15.5. The summed E-state index contributed by atoms with van der Waals surface area (Å²) < 4.78 is 5.89. The summed E-state index contributed by atoms with van der Waals surface area (Å²) >= 11 is 3.36. The monoisotopic (exact) mass is 403 g/mol. The topological polar surface area (TPSA) is 79.8 Å². The summed E-state index contributed by atoms with van der Waals surface area (Å²) in [4.78, 5) is 23.6. The molecule has 0 radical (unpaired) electrons. The van der Waals surface area contributed by atoms with Crippen molar-refractivity contribution < 1.29 is 14.3 Å². The first-order valence-electron chi connectivity index (χ1n) is 7.60. The molecule has 0 aliphatic rings. The lowest BCUT2D eigenvalue weighted by Crippen LogP contribution is -2.32. The van der Waals surface area contributed by atoms with Crippen LogP contribution in [0.1, 0.15) is 18.1 Å². The number of hydrazone groups is 1. The third kappa shape index (κ3) is 5.42. The fourth-order valence-electron chi connectivity index (χ4n) is 1.99. The number of aryl methyl sites for hydroxylation is 1. The first kappa shape index (κ1) is 18.7. The Kier molecular flexibility index (Phi) is 6.71. The molecule has 0 aliphatic heterocycles. The molecule has 0 heterocycles. The van der Waals surface area contributed by atoms with Crippen molar-refractivity contribution in [3.05, 3.63) is 58.1 Å². The summed E-state index contributed by atoms with van der Waals surface area (Å²) in [7, 11) is 1.57. The first-order chi connectivity index (χ1) is 12.0. The fourth-order valence-corrected chi connectivity index (χ4v) is 2.55. The lowest BCUT2D eigenvalue weighted by Gasteiger charge is -2.05. The first-order valence-corrected chi connectivity index (χ1v) is 8.39. The van der Waals surface area contributed by atoms with Crippen LogP contribution >= 0.6 is 15.9 Å². The van der Waals surface area contributed by atoms with E-state index in [-0.39, 0.29) is 0 Å². The van der Waals surface area contributed by atoms with E-state index in [4.69, 9.17) is 4.74 Å². The Morgan fingerprint density at radius 1 is 1.16 bits per heavy atom. The highest BCUT2D eigenvalue weighted by Gasteiger charge is 2.12. The summed E-state index contributed by atoms with van der Waals surface area (Å²) in [6.07, 6.45) is 2.34. The number of amides is 2. The number of rotatable bonds is 5. The van der Waals surface area contributed by atoms with E-state index in [1.165, 1.54) is 6.21 Å². The van der Waals surface area contributed by atoms with Crippen molar-refractivity contribution in [2.75, 3.05) is 12.4 Å². The number of halogens is 1. The minimum Gasteiger partial charge on any atom is -0.496 e. The van der Waals surface area contributed by atoms with Crippen LogP contribution in [0.4, 0.5) is 5.69 Å². The van der Waals surface area contributed by atoms with Gasteiger partial charge >= 0.3 is 11.8 Å². The Hall–Kier alpha value is -2.67. The van der Waals surface area contributed by atoms with Crippen LogP contribution in [0.25, 0.3) is 0 Å². The maximum absolute atomic E-state index is 11.8. The van der Waals surface area contributed by atoms with E-state index in [1.807, 2.05) is 19.1 Å². The second-order valence-corrected chi connectivity index (χ2v) is 5.95. The van der Waals surface area contributed by atoms with Gasteiger partial charge < -0.3 is 10.1 Å². The number of nitrogens with one attached hydrogen (secondary N) is 2. The molecule has 0 aromatic heterocycles. The van der Waals surface area contributed by atoms with E-state index >= 15 is 0 Å². The molecule has 25 heavy (non-hydrogen) atoms. The maximum atomic E-state index is 11.8. The molecule has 0 aliphatic carbocycles. The molecule has 0 fully saturated rings. The minimum atomic E-state index is -0.844. The van der Waals surface area contributed by atoms with Gasteiger partial charge in [-0.2, -0.15) is 5.10 Å². The SMILES string of the molecule is CCc1ccc(NC(=O)C(=O)N/N=C\c2ccc(OC)c(Br)c2)cc1. The molecule has 7 heteroatoms. The third-order valence-corrected chi connectivity index (χ3v) is 4.00. The highest BCUT2D eigenvalue weighted by atomic mass is 79.9. The van der Waals surface area contributed by atoms with Gasteiger partial charge in [0.15, 0.2) is 0 Å². The van der Waals surface area contributed by atoms with Crippen LogP contribution in [-0.4, -0.2) is 25.1 Å². The third-order valence-electron chi connectivity index (χ3n) is 3.38. The van der Waals surface area contributed by atoms with E-state index in [0.29, 0.717) is 11.4 Å². The summed E-state index contributed by atoms with van der Waals surface area (Å²) in [5.41, 5.74) is 4.64. The van der Waals surface area contributed by atoms with Gasteiger partial charge in [-0.05, 0) is 63.8 Å². The number of nitrogens with zero attached hydrogens (tertiary/aromatic N) is 1. The van der Waals surface area contributed by atoms with Crippen LogP contribution < -0.4 is 15.5 Å². The predicted octanol–water partition coefficient (Wildman–Crippen LogP) is 3.11. The Morgan fingerprint density at radius 2 is 1.88 bits per heavy atom. The number of benzene rings is 2. The van der Waals surface area contributed by atoms with E-state index in [0.717, 1.165) is 22.0 Å². The number of hydrogen-bond donors (Lipinski definition) is 2. The van der Waals surface area contributed by atoms with Gasteiger partial charge in [-0.25, -0.2) is 5.43 Å². The minimum absolute atomic E-state index is 0.556. The summed E-state index contributed by atoms with van der Waals surface area (Å²) in [6.45, 7) is 2.04. The largest absolute Gasteiger partial charge is 0.496 e. The van der Waals surface area contributed by atoms with Gasteiger partial charge in [-0.1, -0.05) is 19.1 Å². The van der Waals surface area contributed by atoms with Gasteiger partial charge in [-0.3, -0.25) is 9.59 Å². The van der Waals surface area contributed by atoms with E-state index in [1.54, 1.807) is 37.4 Å². The predicted molar refractivity (Wildman–Crippen MR) is 101 cm³/mol. The van der Waals surface area contributed by atoms with Crippen LogP contribution in [0.3, 0.4) is 0 Å². The van der Waals surface area contributed by atoms with Crippen LogP contribution in [0.2, 0.25) is 0 Å². The molecule has 2 rings (SSSR count). The quantitative estimate of drug-likeness (QED) is 0.457. The number of anilines is 1. The number of carbonyl (C=O) groups is 2. The molecule has 0 unspecified atom stereocenters. The second-order valence-electron chi connectivity index (χ2n) is 5.10. The van der Waals surface area contributed by atoms with Crippen molar-refractivity contribution in [2.45, 2.75) is 13.3 Å². The van der Waals surface area contributed by atoms with Crippen molar-refractivity contribution in [3.8, 4) is 5.75 Å². The van der Waals surface area contributed by atoms with Gasteiger partial charge in [0.2, 0.25) is 0 Å². The molecule has 2 amide bonds. The number of carbonyl (C=O) groups excluding carboxylic acids is 2. The Labute approximate surface area is 154 Å². The molecular weight excluding hydrogens is 386 g/mol. The van der Waals surface area contributed by atoms with Crippen LogP contribution in [-0.2, 0) is 16.0 Å². The molecule has 130 valence electrons. The Balaban J connectivity index is 1.90. The van der Waals surface area contributed by atoms with E-state index < -0.39 is 11.8 Å². The van der Waals surface area contributed by atoms with Crippen LogP contribution in [0.5, 0.6) is 5.75 Å². The summed E-state index contributed by atoms with van der Waals surface area (Å²) in [5.74, 6) is -0.935. The molecule has 0 saturated carbocycles. The highest BCUT2D eigenvalue weighted by Crippen LogP contribution is 2.24. The van der Waals surface area contributed by atoms with E-state index in [2.05, 4.69) is 31.8 Å². The van der Waals surface area contributed by atoms with Gasteiger partial charge in [0, 0.05) is 5.69 Å². The molecule has 0 atom stereocenters. The summed E-state index contributed by atoms with van der Waals surface area (Å²) in [6, 6.07) is 12.6. The van der Waals surface area contributed by atoms with E-state index in [9.17, 15) is 9.59 Å². The standard InChI is InChI=1S/C18H18BrN3O3/c1-3-12-4-7-14(8-5-12)21-17(23)18(24)22-20-11-13-6-9-16(25-2)15(19)10-13/h4-11H,3H2,1-2H3,(H,21,23)(H,22,24)/b20-11-. The molecule has 2 N–H and O–H groups in total. The zero-order chi connectivity index (χ0) is 18.2. The highest BCUT2D eigenvalue weighted by molar-refractivity contribution is 9.10.